The van der Waals surface area contributed by atoms with Gasteiger partial charge in [-0.25, -0.2) is 0 Å². The zero-order valence-corrected chi connectivity index (χ0v) is 18.1. The third-order valence-electron chi connectivity index (χ3n) is 6.68. The normalized spacial score (nSPS) is 23.7. The van der Waals surface area contributed by atoms with Gasteiger partial charge in [-0.3, -0.25) is 9.59 Å². The molecule has 2 saturated heterocycles. The van der Waals surface area contributed by atoms with Crippen molar-refractivity contribution in [2.75, 3.05) is 39.9 Å². The topological polar surface area (TPSA) is 54.8 Å². The van der Waals surface area contributed by atoms with E-state index in [0.717, 1.165) is 32.7 Å². The fraction of sp³-hybridized carbons (Fsp3) is 0.500. The number of carbonyl (C=O) groups is 1. The molecular formula is C24H31N3O3. The molecule has 1 aromatic carbocycles. The van der Waals surface area contributed by atoms with Crippen molar-refractivity contribution in [1.29, 1.82) is 0 Å². The van der Waals surface area contributed by atoms with Crippen molar-refractivity contribution in [2.45, 2.75) is 19.4 Å². The number of methoxy groups -OCH3 is 1. The van der Waals surface area contributed by atoms with E-state index >= 15 is 0 Å². The van der Waals surface area contributed by atoms with E-state index in [1.165, 1.54) is 15.7 Å². The van der Waals surface area contributed by atoms with Crippen LogP contribution < -0.4 is 5.56 Å². The van der Waals surface area contributed by atoms with Gasteiger partial charge >= 0.3 is 0 Å². The number of ether oxygens (including phenoxy) is 1. The molecular weight excluding hydrogens is 378 g/mol. The number of nitrogens with zero attached hydrogens (tertiary/aromatic N) is 3. The minimum Gasteiger partial charge on any atom is -0.385 e. The van der Waals surface area contributed by atoms with Gasteiger partial charge in [-0.1, -0.05) is 24.3 Å². The summed E-state index contributed by atoms with van der Waals surface area (Å²) < 4.78 is 6.69. The van der Waals surface area contributed by atoms with Crippen molar-refractivity contribution in [3.63, 3.8) is 0 Å². The number of carbonyl (C=O) groups excluding carboxylic acids is 1. The first-order valence-electron chi connectivity index (χ1n) is 10.7. The van der Waals surface area contributed by atoms with Crippen LogP contribution in [0.3, 0.4) is 0 Å². The van der Waals surface area contributed by atoms with Gasteiger partial charge in [0.05, 0.1) is 6.04 Å². The van der Waals surface area contributed by atoms with Crippen LogP contribution in [0.2, 0.25) is 0 Å². The van der Waals surface area contributed by atoms with Crippen molar-refractivity contribution in [1.82, 2.24) is 14.4 Å². The molecule has 160 valence electrons. The Bertz CT molecular complexity index is 970. The summed E-state index contributed by atoms with van der Waals surface area (Å²) in [7, 11) is 3.43. The van der Waals surface area contributed by atoms with Gasteiger partial charge in [0.1, 0.15) is 5.56 Å². The lowest BCUT2D eigenvalue weighted by Gasteiger charge is -2.31. The summed E-state index contributed by atoms with van der Waals surface area (Å²) >= 11 is 0. The number of benzene rings is 1. The lowest BCUT2D eigenvalue weighted by Crippen LogP contribution is -2.39. The molecule has 0 unspecified atom stereocenters. The fourth-order valence-electron chi connectivity index (χ4n) is 5.19. The molecule has 1 amide bonds. The van der Waals surface area contributed by atoms with E-state index in [9.17, 15) is 9.59 Å². The number of aryl methyl sites for hydroxylation is 2. The molecule has 1 aromatic heterocycles. The number of pyridine rings is 1. The molecule has 30 heavy (non-hydrogen) atoms. The molecule has 0 saturated carbocycles. The maximum atomic E-state index is 13.5. The van der Waals surface area contributed by atoms with Crippen LogP contribution in [-0.2, 0) is 11.8 Å². The van der Waals surface area contributed by atoms with Crippen molar-refractivity contribution < 1.29 is 9.53 Å². The second-order valence-electron chi connectivity index (χ2n) is 8.63. The number of rotatable bonds is 6. The number of aromatic nitrogens is 1. The largest absolute Gasteiger partial charge is 0.385 e. The van der Waals surface area contributed by atoms with E-state index in [1.807, 2.05) is 17.0 Å². The van der Waals surface area contributed by atoms with Gasteiger partial charge in [0, 0.05) is 59.1 Å². The minimum absolute atomic E-state index is 0.000961. The van der Waals surface area contributed by atoms with Gasteiger partial charge in [0.25, 0.3) is 11.5 Å². The predicted molar refractivity (Wildman–Crippen MR) is 117 cm³/mol. The molecule has 2 aliphatic rings. The summed E-state index contributed by atoms with van der Waals surface area (Å²) in [6, 6.07) is 11.8. The van der Waals surface area contributed by atoms with Gasteiger partial charge in [-0.05, 0) is 42.5 Å². The number of hydrogen-bond acceptors (Lipinski definition) is 4. The van der Waals surface area contributed by atoms with Crippen molar-refractivity contribution in [2.24, 2.45) is 18.9 Å². The van der Waals surface area contributed by atoms with E-state index in [0.29, 0.717) is 18.4 Å². The predicted octanol–water partition coefficient (Wildman–Crippen LogP) is 2.48. The lowest BCUT2D eigenvalue weighted by molar-refractivity contribution is 0.0696. The van der Waals surface area contributed by atoms with Gasteiger partial charge < -0.3 is 19.1 Å². The molecule has 0 spiro atoms. The molecule has 0 bridgehead atoms. The van der Waals surface area contributed by atoms with Crippen LogP contribution in [0.25, 0.3) is 0 Å². The second kappa shape index (κ2) is 8.74. The molecule has 2 aromatic rings. The van der Waals surface area contributed by atoms with Crippen LogP contribution >= 0.6 is 0 Å². The summed E-state index contributed by atoms with van der Waals surface area (Å²) in [5.74, 6) is 0.656. The monoisotopic (exact) mass is 409 g/mol. The van der Waals surface area contributed by atoms with Gasteiger partial charge in [0.2, 0.25) is 0 Å². The van der Waals surface area contributed by atoms with Crippen molar-refractivity contribution in [3.05, 3.63) is 69.6 Å². The molecule has 4 rings (SSSR count). The van der Waals surface area contributed by atoms with Crippen LogP contribution in [-0.4, -0.2) is 60.2 Å². The van der Waals surface area contributed by atoms with E-state index in [1.54, 1.807) is 32.5 Å². The first-order chi connectivity index (χ1) is 14.5. The van der Waals surface area contributed by atoms with Crippen LogP contribution in [0.4, 0.5) is 0 Å². The zero-order valence-electron chi connectivity index (χ0n) is 18.1. The first-order valence-corrected chi connectivity index (χ1v) is 10.7. The SMILES string of the molecule is COCCCN1C[C@H]2CN(C(=O)c3cccn(C)c3=O)[C@H](c3ccccc3C)[C@H]2C1. The van der Waals surface area contributed by atoms with Crippen LogP contribution in [0.1, 0.15) is 33.9 Å². The molecule has 6 nitrogen and oxygen atoms in total. The smallest absolute Gasteiger partial charge is 0.263 e. The van der Waals surface area contributed by atoms with Crippen LogP contribution in [0.5, 0.6) is 0 Å². The molecule has 0 aliphatic carbocycles. The average molecular weight is 410 g/mol. The van der Waals surface area contributed by atoms with Gasteiger partial charge in [-0.15, -0.1) is 0 Å². The number of fused-ring (bicyclic) bond motifs is 1. The van der Waals surface area contributed by atoms with Crippen molar-refractivity contribution in [3.8, 4) is 0 Å². The van der Waals surface area contributed by atoms with E-state index in [2.05, 4.69) is 24.0 Å². The maximum absolute atomic E-state index is 13.5. The second-order valence-corrected chi connectivity index (χ2v) is 8.63. The molecule has 0 N–H and O–H groups in total. The van der Waals surface area contributed by atoms with E-state index < -0.39 is 0 Å². The Morgan fingerprint density at radius 2 is 1.93 bits per heavy atom. The Morgan fingerprint density at radius 3 is 2.70 bits per heavy atom. The number of hydrogen-bond donors (Lipinski definition) is 0. The zero-order chi connectivity index (χ0) is 21.3. The van der Waals surface area contributed by atoms with Crippen molar-refractivity contribution >= 4 is 5.91 Å². The van der Waals surface area contributed by atoms with Crippen LogP contribution in [0, 0.1) is 18.8 Å². The number of likely N-dealkylation sites (tertiary alicyclic amines) is 2. The Kier molecular flexibility index (Phi) is 6.06. The third kappa shape index (κ3) is 3.82. The molecule has 3 atom stereocenters. The molecule has 0 radical (unpaired) electrons. The van der Waals surface area contributed by atoms with E-state index in [4.69, 9.17) is 4.74 Å². The highest BCUT2D eigenvalue weighted by atomic mass is 16.5. The Balaban J connectivity index is 1.65. The summed E-state index contributed by atoms with van der Waals surface area (Å²) in [5, 5.41) is 0. The Labute approximate surface area is 178 Å². The molecule has 2 aliphatic heterocycles. The summed E-state index contributed by atoms with van der Waals surface area (Å²) in [4.78, 5) is 30.6. The highest BCUT2D eigenvalue weighted by Gasteiger charge is 2.49. The summed E-state index contributed by atoms with van der Waals surface area (Å²) in [6.07, 6.45) is 2.71. The minimum atomic E-state index is -0.232. The maximum Gasteiger partial charge on any atom is 0.263 e. The third-order valence-corrected chi connectivity index (χ3v) is 6.68. The standard InChI is InChI=1S/C24H31N3O3/c1-17-8-4-5-9-19(17)22-21-16-26(12-7-13-30-3)14-18(21)15-27(22)24(29)20-10-6-11-25(2)23(20)28/h4-6,8-11,18,21-22H,7,12-16H2,1-3H3/t18-,21-,22+/m0/s1. The fourth-order valence-corrected chi connectivity index (χ4v) is 5.19. The summed E-state index contributed by atoms with van der Waals surface area (Å²) in [5.41, 5.74) is 2.42. The Morgan fingerprint density at radius 1 is 1.13 bits per heavy atom. The van der Waals surface area contributed by atoms with Gasteiger partial charge in [0.15, 0.2) is 0 Å². The average Bonchev–Trinajstić information content (AvgIpc) is 3.28. The quantitative estimate of drug-likeness (QED) is 0.688. The number of amides is 1. The van der Waals surface area contributed by atoms with Crippen LogP contribution in [0.15, 0.2) is 47.4 Å². The first kappa shape index (κ1) is 20.8. The lowest BCUT2D eigenvalue weighted by atomic mass is 9.87. The highest BCUT2D eigenvalue weighted by molar-refractivity contribution is 5.94. The molecule has 2 fully saturated rings. The molecule has 3 heterocycles. The summed E-state index contributed by atoms with van der Waals surface area (Å²) in [6.45, 7) is 6.57. The Hall–Kier alpha value is -2.44. The van der Waals surface area contributed by atoms with Gasteiger partial charge in [-0.2, -0.15) is 0 Å². The highest BCUT2D eigenvalue weighted by Crippen LogP contribution is 2.46. The molecule has 6 heteroatoms. The van der Waals surface area contributed by atoms with E-state index in [-0.39, 0.29) is 23.1 Å².